The van der Waals surface area contributed by atoms with Gasteiger partial charge in [0.2, 0.25) is 0 Å². The molecule has 4 fully saturated rings. The summed E-state index contributed by atoms with van der Waals surface area (Å²) in [5, 5.41) is 82.6. The van der Waals surface area contributed by atoms with E-state index in [9.17, 15) is 40.5 Å². The van der Waals surface area contributed by atoms with Gasteiger partial charge in [-0.15, -0.1) is 0 Å². The van der Waals surface area contributed by atoms with Crippen LogP contribution < -0.4 is 33.2 Å². The average molecular weight is 637 g/mol. The normalized spacial score (nSPS) is 47.0. The maximum atomic E-state index is 12.9. The molecule has 4 rings (SSSR count). The van der Waals surface area contributed by atoms with Crippen molar-refractivity contribution in [3.05, 3.63) is 11.8 Å². The third kappa shape index (κ3) is 7.35. The topological polar surface area (TPSA) is 310 Å². The van der Waals surface area contributed by atoms with Crippen LogP contribution in [0.2, 0.25) is 0 Å². The third-order valence-electron chi connectivity index (χ3n) is 8.78. The number of rotatable bonds is 12. The molecule has 0 radical (unpaired) electrons. The van der Waals surface area contributed by atoms with Crippen LogP contribution >= 0.6 is 0 Å². The van der Waals surface area contributed by atoms with E-state index in [1.54, 1.807) is 7.05 Å². The van der Waals surface area contributed by atoms with Crippen LogP contribution in [0.25, 0.3) is 0 Å². The molecular weight excluding hydrogens is 588 g/mol. The number of nitrogens with two attached hydrogens (primary N) is 3. The highest BCUT2D eigenvalue weighted by Gasteiger charge is 2.59. The van der Waals surface area contributed by atoms with Crippen molar-refractivity contribution in [2.75, 3.05) is 33.3 Å². The van der Waals surface area contributed by atoms with Crippen molar-refractivity contribution in [1.82, 2.24) is 16.0 Å². The predicted molar refractivity (Wildman–Crippen MR) is 150 cm³/mol. The summed E-state index contributed by atoms with van der Waals surface area (Å²) in [6.45, 7) is 0.939. The second kappa shape index (κ2) is 14.9. The summed E-state index contributed by atoms with van der Waals surface area (Å²) in [5.41, 5.74) is 16.2. The van der Waals surface area contributed by atoms with Crippen LogP contribution in [0.1, 0.15) is 19.3 Å². The summed E-state index contributed by atoms with van der Waals surface area (Å²) in [6.07, 6.45) is -12.9. The van der Waals surface area contributed by atoms with Gasteiger partial charge >= 0.3 is 0 Å². The average Bonchev–Trinajstić information content (AvgIpc) is 3.63. The zero-order chi connectivity index (χ0) is 32.3. The van der Waals surface area contributed by atoms with Crippen molar-refractivity contribution in [3.8, 4) is 0 Å². The molecule has 1 amide bonds. The summed E-state index contributed by atoms with van der Waals surface area (Å²) in [7, 11) is 1.56. The second-order valence-electron chi connectivity index (χ2n) is 11.9. The molecule has 44 heavy (non-hydrogen) atoms. The fourth-order valence-corrected chi connectivity index (χ4v) is 5.88. The molecule has 2 aliphatic heterocycles. The summed E-state index contributed by atoms with van der Waals surface area (Å²) < 4.78 is 23.3. The lowest BCUT2D eigenvalue weighted by molar-refractivity contribution is -0.326. The molecule has 18 nitrogen and oxygen atoms in total. The van der Waals surface area contributed by atoms with Crippen molar-refractivity contribution in [3.63, 3.8) is 0 Å². The van der Waals surface area contributed by atoms with Gasteiger partial charge in [0.05, 0.1) is 25.0 Å². The number of nitrogens with one attached hydrogen (secondary N) is 3. The Bertz CT molecular complexity index is 999. The monoisotopic (exact) mass is 636 g/mol. The van der Waals surface area contributed by atoms with E-state index in [1.165, 1.54) is 0 Å². The van der Waals surface area contributed by atoms with Gasteiger partial charge in [-0.2, -0.15) is 0 Å². The van der Waals surface area contributed by atoms with E-state index < -0.39 is 97.1 Å². The Morgan fingerprint density at radius 2 is 1.73 bits per heavy atom. The smallest absolute Gasteiger partial charge is 0.253 e. The maximum absolute atomic E-state index is 12.9. The predicted octanol–water partition coefficient (Wildman–Crippen LogP) is -6.71. The van der Waals surface area contributed by atoms with Gasteiger partial charge in [-0.05, 0) is 33.0 Å². The van der Waals surface area contributed by atoms with E-state index in [0.717, 1.165) is 6.26 Å². The quantitative estimate of drug-likeness (QED) is 0.0699. The second-order valence-corrected chi connectivity index (χ2v) is 11.9. The van der Waals surface area contributed by atoms with Gasteiger partial charge in [0, 0.05) is 30.6 Å². The minimum Gasteiger partial charge on any atom is -0.515 e. The highest BCUT2D eigenvalue weighted by Crippen LogP contribution is 2.36. The first kappa shape index (κ1) is 35.3. The first-order chi connectivity index (χ1) is 20.9. The third-order valence-corrected chi connectivity index (χ3v) is 8.78. The van der Waals surface area contributed by atoms with E-state index in [-0.39, 0.29) is 26.0 Å². The van der Waals surface area contributed by atoms with E-state index in [1.807, 2.05) is 0 Å². The van der Waals surface area contributed by atoms with Crippen molar-refractivity contribution >= 4 is 5.91 Å². The SMILES string of the molecule is CN[C@H]1/C(=C\O)CO[C@H](O[C@H]2[C@H](NC(=O)C3(O)CC3N)C[C@H](N)C(O[C@H]3O[C@H](CNCCCN)[C@@H](O)[C@H](O)[C@H]3O)[C@@H]2O)[C@@H]1O. The largest absolute Gasteiger partial charge is 0.515 e. The number of ether oxygens (including phenoxy) is 4. The highest BCUT2D eigenvalue weighted by atomic mass is 16.7. The van der Waals surface area contributed by atoms with Crippen LogP contribution in [0.5, 0.6) is 0 Å². The molecule has 2 heterocycles. The highest BCUT2D eigenvalue weighted by molar-refractivity contribution is 5.89. The summed E-state index contributed by atoms with van der Waals surface area (Å²) in [6, 6.07) is -3.55. The van der Waals surface area contributed by atoms with E-state index in [0.29, 0.717) is 25.1 Å². The molecule has 0 spiro atoms. The Balaban J connectivity index is 1.52. The number of aliphatic hydroxyl groups is 7. The van der Waals surface area contributed by atoms with Crippen LogP contribution in [0.3, 0.4) is 0 Å². The lowest BCUT2D eigenvalue weighted by Crippen LogP contribution is -2.68. The Morgan fingerprint density at radius 3 is 2.34 bits per heavy atom. The van der Waals surface area contributed by atoms with Crippen molar-refractivity contribution in [2.24, 2.45) is 17.2 Å². The Morgan fingerprint density at radius 1 is 1.05 bits per heavy atom. The molecule has 15 atom stereocenters. The van der Waals surface area contributed by atoms with E-state index in [2.05, 4.69) is 16.0 Å². The van der Waals surface area contributed by atoms with Gasteiger partial charge in [-0.1, -0.05) is 0 Å². The van der Waals surface area contributed by atoms with Gasteiger partial charge < -0.3 is 87.8 Å². The van der Waals surface area contributed by atoms with Gasteiger partial charge in [0.25, 0.3) is 5.91 Å². The van der Waals surface area contributed by atoms with Gasteiger partial charge in [-0.25, -0.2) is 0 Å². The zero-order valence-corrected chi connectivity index (χ0v) is 24.5. The Labute approximate surface area is 254 Å². The Hall–Kier alpha value is -1.59. The molecule has 2 saturated carbocycles. The molecule has 4 aliphatic rings. The summed E-state index contributed by atoms with van der Waals surface area (Å²) in [4.78, 5) is 12.9. The minimum absolute atomic E-state index is 0.0370. The zero-order valence-electron chi connectivity index (χ0n) is 24.5. The first-order valence-electron chi connectivity index (χ1n) is 14.8. The van der Waals surface area contributed by atoms with Crippen LogP contribution in [0, 0.1) is 0 Å². The van der Waals surface area contributed by atoms with Crippen molar-refractivity contribution in [2.45, 2.75) is 110 Å². The molecule has 0 bridgehead atoms. The number of carbonyl (C=O) groups is 1. The van der Waals surface area contributed by atoms with E-state index >= 15 is 0 Å². The molecule has 0 aromatic heterocycles. The summed E-state index contributed by atoms with van der Waals surface area (Å²) in [5.74, 6) is -0.792. The minimum atomic E-state index is -1.80. The van der Waals surface area contributed by atoms with Crippen LogP contribution in [-0.4, -0.2) is 166 Å². The molecule has 2 aliphatic carbocycles. The first-order valence-corrected chi connectivity index (χ1v) is 14.8. The van der Waals surface area contributed by atoms with Gasteiger partial charge in [0.15, 0.2) is 18.2 Å². The number of hydrogen-bond donors (Lipinski definition) is 13. The van der Waals surface area contributed by atoms with Gasteiger partial charge in [0.1, 0.15) is 48.8 Å². The Kier molecular flexibility index (Phi) is 11.9. The van der Waals surface area contributed by atoms with Crippen LogP contribution in [-0.2, 0) is 23.7 Å². The number of carbonyl (C=O) groups excluding carboxylic acids is 1. The molecule has 0 aromatic rings. The lowest BCUT2D eigenvalue weighted by atomic mass is 9.83. The fourth-order valence-electron chi connectivity index (χ4n) is 5.88. The van der Waals surface area contributed by atoms with Crippen molar-refractivity contribution < 1.29 is 59.5 Å². The molecule has 18 heteroatoms. The molecule has 2 saturated heterocycles. The van der Waals surface area contributed by atoms with Crippen molar-refractivity contribution in [1.29, 1.82) is 0 Å². The fraction of sp³-hybridized carbons (Fsp3) is 0.885. The maximum Gasteiger partial charge on any atom is 0.253 e. The standard InChI is InChI=1S/C26H48N6O12/c1-30-15-10(8-33)9-41-23(17(15)35)44-22-12(32-25(39)26(40)6-14(26)29)5-11(28)21(20(22)38)43-24-19(37)18(36)16(34)13(42-24)7-31-4-2-3-27/h8,11-24,30-31,33-38,40H,2-7,9,27-29H2,1H3,(H,32,39)/b10-8-/t11-,12+,13+,14?,15-,16+,17+,18-,19+,20-,21?,22-,23+,24+,26?/m0/s1. The molecule has 3 unspecified atom stereocenters. The van der Waals surface area contributed by atoms with Crippen LogP contribution in [0.4, 0.5) is 0 Å². The molecule has 254 valence electrons. The van der Waals surface area contributed by atoms with Gasteiger partial charge in [-0.3, -0.25) is 4.79 Å². The molecule has 0 aromatic carbocycles. The number of hydrogen-bond acceptors (Lipinski definition) is 17. The summed E-state index contributed by atoms with van der Waals surface area (Å²) >= 11 is 0. The van der Waals surface area contributed by atoms with E-state index in [4.69, 9.17) is 36.1 Å². The lowest BCUT2D eigenvalue weighted by Gasteiger charge is -2.48. The number of amides is 1. The number of aliphatic hydroxyl groups excluding tert-OH is 6. The number of likely N-dealkylation sites (N-methyl/N-ethyl adjacent to an activating group) is 1. The molecular formula is C26H48N6O12. The van der Waals surface area contributed by atoms with Crippen LogP contribution in [0.15, 0.2) is 11.8 Å². The molecule has 16 N–H and O–H groups in total.